The number of ether oxygens (including phenoxy) is 1. The van der Waals surface area contributed by atoms with Crippen LogP contribution in [0.1, 0.15) is 70.7 Å². The fourth-order valence-electron chi connectivity index (χ4n) is 4.47. The highest BCUT2D eigenvalue weighted by Gasteiger charge is 2.26. The van der Waals surface area contributed by atoms with Gasteiger partial charge in [-0.2, -0.15) is 0 Å². The molecule has 0 bridgehead atoms. The zero-order chi connectivity index (χ0) is 33.7. The second-order valence-corrected chi connectivity index (χ2v) is 12.3. The lowest BCUT2D eigenvalue weighted by molar-refractivity contribution is -0.148. The van der Waals surface area contributed by atoms with Crippen LogP contribution in [0, 0.1) is 23.5 Å². The van der Waals surface area contributed by atoms with Crippen LogP contribution in [0.25, 0.3) is 0 Å². The second kappa shape index (κ2) is 18.4. The third kappa shape index (κ3) is 12.7. The first-order valence-electron chi connectivity index (χ1n) is 15.0. The molecule has 0 spiro atoms. The van der Waals surface area contributed by atoms with Gasteiger partial charge in [0, 0.05) is 25.5 Å². The predicted octanol–water partition coefficient (Wildman–Crippen LogP) is 4.01. The Labute approximate surface area is 259 Å². The first kappa shape index (κ1) is 38.6. The number of carboxylic acid groups (broad SMARTS) is 1. The predicted molar refractivity (Wildman–Crippen MR) is 167 cm³/mol. The molecule has 0 fully saturated rings. The van der Waals surface area contributed by atoms with Crippen molar-refractivity contribution in [2.75, 3.05) is 47.9 Å². The maximum Gasteiger partial charge on any atom is 0.329 e. The first-order chi connectivity index (χ1) is 20.5. The van der Waals surface area contributed by atoms with E-state index < -0.39 is 46.8 Å². The summed E-state index contributed by atoms with van der Waals surface area (Å²) in [5, 5.41) is 9.31. The number of pyridine rings is 2. The van der Waals surface area contributed by atoms with Gasteiger partial charge in [-0.25, -0.2) is 18.4 Å². The Balaban J connectivity index is 0.000000442. The minimum Gasteiger partial charge on any atom is -0.480 e. The molecule has 2 aromatic heterocycles. The largest absolute Gasteiger partial charge is 0.480 e. The highest BCUT2D eigenvalue weighted by molar-refractivity contribution is 5.74. The van der Waals surface area contributed by atoms with Gasteiger partial charge in [0.1, 0.15) is 12.1 Å². The number of halogens is 2. The molecular weight excluding hydrogens is 574 g/mol. The van der Waals surface area contributed by atoms with E-state index in [4.69, 9.17) is 4.74 Å². The lowest BCUT2D eigenvalue weighted by Crippen LogP contribution is -2.34. The van der Waals surface area contributed by atoms with E-state index in [0.717, 1.165) is 11.1 Å². The standard InChI is InChI=1S/C17H27FN2O3.C15H23FN2O3/c1-6-23-17(22)15(9-12(2)3)20-11-13(7-8-19(4)5)10-14(18)16(20)21;1-10(2)7-13(15(20)21)18-9-11(5-6-17(3)4)8-12(16)14(18)19/h10-12,15H,6-9H2,1-5H3;8-10,13H,5-7H2,1-4H3,(H,20,21). The lowest BCUT2D eigenvalue weighted by Gasteiger charge is -2.21. The Hall–Kier alpha value is -3.38. The molecule has 2 aromatic rings. The van der Waals surface area contributed by atoms with Crippen molar-refractivity contribution >= 4 is 11.9 Å². The molecule has 0 aliphatic carbocycles. The molecule has 1 N–H and O–H groups in total. The molecule has 0 aliphatic heterocycles. The number of carbonyl (C=O) groups excluding carboxylic acids is 1. The molecule has 12 heteroatoms. The SMILES string of the molecule is CC(C)CC(C(=O)O)n1cc(CCN(C)C)cc(F)c1=O.CCOC(=O)C(CC(C)C)n1cc(CCN(C)C)cc(F)c1=O. The van der Waals surface area contributed by atoms with Gasteiger partial charge in [0.05, 0.1) is 6.61 Å². The van der Waals surface area contributed by atoms with E-state index in [0.29, 0.717) is 36.9 Å². The third-order valence-corrected chi connectivity index (χ3v) is 6.71. The summed E-state index contributed by atoms with van der Waals surface area (Å²) >= 11 is 0. The van der Waals surface area contributed by atoms with Gasteiger partial charge in [-0.1, -0.05) is 27.7 Å². The van der Waals surface area contributed by atoms with Crippen LogP contribution in [-0.4, -0.2) is 83.9 Å². The number of hydrogen-bond donors (Lipinski definition) is 1. The van der Waals surface area contributed by atoms with E-state index in [-0.39, 0.29) is 24.9 Å². The van der Waals surface area contributed by atoms with Crippen molar-refractivity contribution in [3.05, 3.63) is 68.0 Å². The van der Waals surface area contributed by atoms with Crippen LogP contribution < -0.4 is 11.1 Å². The van der Waals surface area contributed by atoms with E-state index in [9.17, 15) is 33.1 Å². The molecule has 248 valence electrons. The van der Waals surface area contributed by atoms with E-state index in [2.05, 4.69) is 0 Å². The van der Waals surface area contributed by atoms with Crippen LogP contribution in [-0.2, 0) is 27.2 Å². The number of esters is 1. The van der Waals surface area contributed by atoms with Gasteiger partial charge >= 0.3 is 11.9 Å². The maximum absolute atomic E-state index is 14.0. The second-order valence-electron chi connectivity index (χ2n) is 12.3. The molecule has 44 heavy (non-hydrogen) atoms. The number of likely N-dealkylation sites (N-methyl/N-ethyl adjacent to an activating group) is 2. The van der Waals surface area contributed by atoms with Crippen molar-refractivity contribution in [1.29, 1.82) is 0 Å². The summed E-state index contributed by atoms with van der Waals surface area (Å²) in [6.07, 6.45) is 4.91. The van der Waals surface area contributed by atoms with Gasteiger partial charge in [-0.15, -0.1) is 0 Å². The average molecular weight is 625 g/mol. The summed E-state index contributed by atoms with van der Waals surface area (Å²) in [6, 6.07) is 0.610. The van der Waals surface area contributed by atoms with Crippen LogP contribution in [0.5, 0.6) is 0 Å². The fourth-order valence-corrected chi connectivity index (χ4v) is 4.47. The van der Waals surface area contributed by atoms with Crippen LogP contribution >= 0.6 is 0 Å². The summed E-state index contributed by atoms with van der Waals surface area (Å²) < 4.78 is 35.1. The van der Waals surface area contributed by atoms with E-state index >= 15 is 0 Å². The topological polar surface area (TPSA) is 114 Å². The number of nitrogens with zero attached hydrogens (tertiary/aromatic N) is 4. The van der Waals surface area contributed by atoms with Crippen LogP contribution in [0.3, 0.4) is 0 Å². The molecule has 0 saturated carbocycles. The van der Waals surface area contributed by atoms with Gasteiger partial charge in [-0.05, 0) is 95.9 Å². The highest BCUT2D eigenvalue weighted by atomic mass is 19.1. The molecule has 2 rings (SSSR count). The summed E-state index contributed by atoms with van der Waals surface area (Å²) in [5.74, 6) is -3.08. The molecule has 2 atom stereocenters. The van der Waals surface area contributed by atoms with Crippen molar-refractivity contribution < 1.29 is 28.2 Å². The van der Waals surface area contributed by atoms with Crippen molar-refractivity contribution in [3.63, 3.8) is 0 Å². The molecule has 0 aliphatic rings. The van der Waals surface area contributed by atoms with Crippen LogP contribution in [0.2, 0.25) is 0 Å². The van der Waals surface area contributed by atoms with Crippen molar-refractivity contribution in [2.24, 2.45) is 11.8 Å². The van der Waals surface area contributed by atoms with Crippen molar-refractivity contribution in [1.82, 2.24) is 18.9 Å². The summed E-state index contributed by atoms with van der Waals surface area (Å²) in [6.45, 7) is 11.0. The number of carboxylic acids is 1. The van der Waals surface area contributed by atoms with E-state index in [1.165, 1.54) is 22.9 Å². The third-order valence-electron chi connectivity index (χ3n) is 6.71. The van der Waals surface area contributed by atoms with Gasteiger partial charge in [-0.3, -0.25) is 18.7 Å². The van der Waals surface area contributed by atoms with Crippen LogP contribution in [0.4, 0.5) is 8.78 Å². The van der Waals surface area contributed by atoms with Crippen molar-refractivity contribution in [2.45, 2.75) is 72.4 Å². The van der Waals surface area contributed by atoms with Gasteiger partial charge in [0.2, 0.25) is 0 Å². The van der Waals surface area contributed by atoms with Crippen LogP contribution in [0.15, 0.2) is 34.1 Å². The number of hydrogen-bond acceptors (Lipinski definition) is 7. The molecule has 0 amide bonds. The molecule has 2 unspecified atom stereocenters. The maximum atomic E-state index is 14.0. The Kier molecular flexibility index (Phi) is 16.2. The normalized spacial score (nSPS) is 12.8. The first-order valence-corrected chi connectivity index (χ1v) is 15.0. The summed E-state index contributed by atoms with van der Waals surface area (Å²) in [7, 11) is 7.63. The Bertz CT molecular complexity index is 1340. The highest BCUT2D eigenvalue weighted by Crippen LogP contribution is 2.20. The lowest BCUT2D eigenvalue weighted by atomic mass is 10.0. The minimum atomic E-state index is -1.12. The molecular formula is C32H50F2N4O6. The molecule has 0 radical (unpaired) electrons. The number of aliphatic carboxylic acids is 1. The molecule has 0 saturated heterocycles. The minimum absolute atomic E-state index is 0.0893. The number of aromatic nitrogens is 2. The summed E-state index contributed by atoms with van der Waals surface area (Å²) in [5.41, 5.74) is -0.349. The summed E-state index contributed by atoms with van der Waals surface area (Å²) in [4.78, 5) is 51.6. The van der Waals surface area contributed by atoms with E-state index in [1.807, 2.05) is 65.7 Å². The zero-order valence-corrected chi connectivity index (χ0v) is 27.6. The monoisotopic (exact) mass is 624 g/mol. The average Bonchev–Trinajstić information content (AvgIpc) is 2.91. The number of carbonyl (C=O) groups is 2. The number of rotatable bonds is 15. The Morgan fingerprint density at radius 1 is 0.795 bits per heavy atom. The molecule has 0 aromatic carbocycles. The Morgan fingerprint density at radius 3 is 1.52 bits per heavy atom. The van der Waals surface area contributed by atoms with Gasteiger partial charge < -0.3 is 19.6 Å². The van der Waals surface area contributed by atoms with E-state index in [1.54, 1.807) is 13.1 Å². The van der Waals surface area contributed by atoms with Crippen molar-refractivity contribution in [3.8, 4) is 0 Å². The molecule has 2 heterocycles. The Morgan fingerprint density at radius 2 is 1.18 bits per heavy atom. The molecule has 10 nitrogen and oxygen atoms in total. The van der Waals surface area contributed by atoms with Gasteiger partial charge in [0.15, 0.2) is 11.6 Å². The quantitative estimate of drug-likeness (QED) is 0.296. The smallest absolute Gasteiger partial charge is 0.329 e. The fraction of sp³-hybridized carbons (Fsp3) is 0.625. The van der Waals surface area contributed by atoms with Gasteiger partial charge in [0.25, 0.3) is 11.1 Å². The zero-order valence-electron chi connectivity index (χ0n) is 27.6.